The second-order valence-electron chi connectivity index (χ2n) is 4.63. The summed E-state index contributed by atoms with van der Waals surface area (Å²) in [4.78, 5) is 12.7. The summed E-state index contributed by atoms with van der Waals surface area (Å²) >= 11 is 0. The van der Waals surface area contributed by atoms with Crippen molar-refractivity contribution in [2.24, 2.45) is 0 Å². The Balaban J connectivity index is 1.81. The van der Waals surface area contributed by atoms with Crippen LogP contribution in [0.1, 0.15) is 5.56 Å². The molecule has 0 amide bonds. The fourth-order valence-corrected chi connectivity index (χ4v) is 2.04. The molecule has 0 spiro atoms. The van der Waals surface area contributed by atoms with Crippen LogP contribution in [0.15, 0.2) is 42.7 Å². The molecule has 0 radical (unpaired) electrons. The Morgan fingerprint density at radius 3 is 3.00 bits per heavy atom. The molecule has 3 N–H and O–H groups in total. The number of nitrogens with zero attached hydrogens (tertiary/aromatic N) is 3. The van der Waals surface area contributed by atoms with Gasteiger partial charge in [0.15, 0.2) is 19.5 Å². The molecule has 98 valence electrons. The van der Waals surface area contributed by atoms with Gasteiger partial charge in [-0.15, -0.1) is 0 Å². The largest absolute Gasteiger partial charge is 0.381 e. The van der Waals surface area contributed by atoms with Crippen molar-refractivity contribution in [3.8, 4) is 0 Å². The van der Waals surface area contributed by atoms with Crippen LogP contribution in [-0.4, -0.2) is 22.8 Å². The Labute approximate surface area is 117 Å². The average Bonchev–Trinajstić information content (AvgIpc) is 2.48. The second kappa shape index (κ2) is 5.17. The van der Waals surface area contributed by atoms with Crippen molar-refractivity contribution >= 4 is 36.0 Å². The third-order valence-electron chi connectivity index (χ3n) is 3.05. The molecule has 0 bridgehead atoms. The maximum absolute atomic E-state index is 5.80. The number of nitrogens with one attached hydrogen (secondary N) is 1. The van der Waals surface area contributed by atoms with E-state index in [4.69, 9.17) is 5.73 Å². The molecule has 5 nitrogen and oxygen atoms in total. The van der Waals surface area contributed by atoms with Crippen LogP contribution in [0, 0.1) is 0 Å². The molecule has 3 rings (SSSR count). The molecule has 0 saturated carbocycles. The average molecular weight is 263 g/mol. The number of rotatable bonds is 3. The third kappa shape index (κ3) is 2.54. The highest BCUT2D eigenvalue weighted by molar-refractivity contribution is 6.30. The number of pyridine rings is 1. The quantitative estimate of drug-likeness (QED) is 0.672. The Kier molecular flexibility index (Phi) is 3.21. The molecular weight excluding hydrogens is 249 g/mol. The minimum atomic E-state index is 0.415. The fraction of sp³-hybridized carbons (Fsp3) is 0.0714. The van der Waals surface area contributed by atoms with E-state index < -0.39 is 0 Å². The molecular formula is C14H14BN5. The van der Waals surface area contributed by atoms with Gasteiger partial charge in [0.25, 0.3) is 0 Å². The molecule has 0 atom stereocenters. The lowest BCUT2D eigenvalue weighted by molar-refractivity contribution is 1.11. The van der Waals surface area contributed by atoms with Gasteiger partial charge in [-0.1, -0.05) is 12.1 Å². The van der Waals surface area contributed by atoms with Crippen LogP contribution in [0.5, 0.6) is 0 Å². The zero-order chi connectivity index (χ0) is 13.9. The number of nitrogens with two attached hydrogens (primary N) is 1. The Bertz CT molecular complexity index is 759. The molecule has 0 unspecified atom stereocenters. The van der Waals surface area contributed by atoms with Crippen molar-refractivity contribution in [3.05, 3.63) is 48.3 Å². The van der Waals surface area contributed by atoms with Crippen molar-refractivity contribution in [2.45, 2.75) is 6.54 Å². The lowest BCUT2D eigenvalue weighted by Gasteiger charge is -2.09. The van der Waals surface area contributed by atoms with E-state index in [9.17, 15) is 0 Å². The van der Waals surface area contributed by atoms with Crippen LogP contribution < -0.4 is 16.6 Å². The Morgan fingerprint density at radius 2 is 2.10 bits per heavy atom. The van der Waals surface area contributed by atoms with E-state index in [0.29, 0.717) is 18.2 Å². The smallest absolute Gasteiger partial charge is 0.168 e. The molecule has 2 heterocycles. The molecule has 1 aromatic carbocycles. The summed E-state index contributed by atoms with van der Waals surface area (Å²) in [6.07, 6.45) is 3.45. The summed E-state index contributed by atoms with van der Waals surface area (Å²) in [6.45, 7) is 0.646. The predicted molar refractivity (Wildman–Crippen MR) is 83.7 cm³/mol. The molecule has 0 aliphatic carbocycles. The van der Waals surface area contributed by atoms with E-state index in [0.717, 1.165) is 22.1 Å². The zero-order valence-electron chi connectivity index (χ0n) is 11.2. The van der Waals surface area contributed by atoms with Gasteiger partial charge in [0.05, 0.1) is 5.52 Å². The summed E-state index contributed by atoms with van der Waals surface area (Å²) in [5, 5.41) is 4.34. The number of benzene rings is 1. The number of hydrogen-bond acceptors (Lipinski definition) is 5. The lowest BCUT2D eigenvalue weighted by atomic mass is 10.1. The minimum absolute atomic E-state index is 0.415. The molecule has 6 heteroatoms. The number of hydrogen-bond donors (Lipinski definition) is 2. The molecule has 2 aromatic heterocycles. The number of nitrogen functional groups attached to an aromatic ring is 1. The Hall–Kier alpha value is -2.63. The van der Waals surface area contributed by atoms with Crippen LogP contribution in [0.2, 0.25) is 0 Å². The summed E-state index contributed by atoms with van der Waals surface area (Å²) in [6, 6.07) is 10.1. The van der Waals surface area contributed by atoms with Gasteiger partial charge in [0.1, 0.15) is 0 Å². The van der Waals surface area contributed by atoms with E-state index in [1.165, 1.54) is 0 Å². The summed E-state index contributed by atoms with van der Waals surface area (Å²) < 4.78 is 0. The minimum Gasteiger partial charge on any atom is -0.381 e. The monoisotopic (exact) mass is 263 g/mol. The van der Waals surface area contributed by atoms with Crippen LogP contribution in [0.4, 0.5) is 11.6 Å². The Morgan fingerprint density at radius 1 is 1.20 bits per heavy atom. The zero-order valence-corrected chi connectivity index (χ0v) is 11.2. The van der Waals surface area contributed by atoms with Crippen LogP contribution in [0.3, 0.4) is 0 Å². The highest BCUT2D eigenvalue weighted by atomic mass is 15.0. The van der Waals surface area contributed by atoms with E-state index >= 15 is 0 Å². The molecule has 0 aliphatic rings. The van der Waals surface area contributed by atoms with E-state index in [1.807, 2.05) is 32.1 Å². The maximum atomic E-state index is 5.80. The number of fused-ring (bicyclic) bond motifs is 1. The normalized spacial score (nSPS) is 10.6. The second-order valence-corrected chi connectivity index (χ2v) is 4.63. The fourth-order valence-electron chi connectivity index (χ4n) is 2.04. The molecule has 0 fully saturated rings. The van der Waals surface area contributed by atoms with Gasteiger partial charge in [-0.25, -0.2) is 9.97 Å². The van der Waals surface area contributed by atoms with E-state index in [1.54, 1.807) is 12.4 Å². The van der Waals surface area contributed by atoms with Crippen molar-refractivity contribution in [1.82, 2.24) is 15.0 Å². The summed E-state index contributed by atoms with van der Waals surface area (Å²) in [7, 11) is 1.89. The van der Waals surface area contributed by atoms with Crippen molar-refractivity contribution < 1.29 is 0 Å². The van der Waals surface area contributed by atoms with Crippen molar-refractivity contribution in [1.29, 1.82) is 0 Å². The van der Waals surface area contributed by atoms with Gasteiger partial charge in [-0.05, 0) is 23.8 Å². The van der Waals surface area contributed by atoms with Gasteiger partial charge in [-0.2, -0.15) is 0 Å². The lowest BCUT2D eigenvalue weighted by Crippen LogP contribution is -2.15. The summed E-state index contributed by atoms with van der Waals surface area (Å²) in [5.41, 5.74) is 8.77. The third-order valence-corrected chi connectivity index (χ3v) is 3.05. The molecule has 0 aliphatic heterocycles. The topological polar surface area (TPSA) is 76.7 Å². The molecule has 20 heavy (non-hydrogen) atoms. The standard InChI is InChI=1S/C14H14BN5/c15-12-8-18-13(16)14(20-12)19-7-9-3-4-11-10(6-9)2-1-5-17-11/h1-6,8H,7,15H2,(H2,16,18)(H,19,20). The number of anilines is 2. The first-order valence-corrected chi connectivity index (χ1v) is 6.39. The highest BCUT2D eigenvalue weighted by Gasteiger charge is 2.03. The van der Waals surface area contributed by atoms with Gasteiger partial charge < -0.3 is 11.1 Å². The van der Waals surface area contributed by atoms with Gasteiger partial charge in [0, 0.05) is 29.9 Å². The highest BCUT2D eigenvalue weighted by Crippen LogP contribution is 2.15. The summed E-state index contributed by atoms with van der Waals surface area (Å²) in [5.74, 6) is 1.04. The number of aromatic nitrogens is 3. The van der Waals surface area contributed by atoms with Gasteiger partial charge in [0.2, 0.25) is 0 Å². The first-order valence-electron chi connectivity index (χ1n) is 6.39. The predicted octanol–water partition coefficient (Wildman–Crippen LogP) is 0.477. The van der Waals surface area contributed by atoms with E-state index in [2.05, 4.69) is 26.3 Å². The van der Waals surface area contributed by atoms with Gasteiger partial charge >= 0.3 is 0 Å². The maximum Gasteiger partial charge on any atom is 0.168 e. The van der Waals surface area contributed by atoms with Crippen LogP contribution in [-0.2, 0) is 6.54 Å². The first-order chi connectivity index (χ1) is 9.72. The SMILES string of the molecule is Bc1cnc(N)c(NCc2ccc3ncccc3c2)n1. The van der Waals surface area contributed by atoms with Crippen LogP contribution in [0.25, 0.3) is 10.9 Å². The first kappa shape index (κ1) is 12.4. The van der Waals surface area contributed by atoms with Crippen molar-refractivity contribution in [3.63, 3.8) is 0 Å². The van der Waals surface area contributed by atoms with E-state index in [-0.39, 0.29) is 0 Å². The van der Waals surface area contributed by atoms with Crippen molar-refractivity contribution in [2.75, 3.05) is 11.1 Å². The van der Waals surface area contributed by atoms with Gasteiger partial charge in [-0.3, -0.25) is 4.98 Å². The molecule has 0 saturated heterocycles. The van der Waals surface area contributed by atoms with Crippen LogP contribution >= 0.6 is 0 Å². The molecule has 3 aromatic rings.